The number of aromatic nitrogens is 4. The molecule has 0 aliphatic heterocycles. The number of aromatic amines is 1. The van der Waals surface area contributed by atoms with E-state index in [2.05, 4.69) is 22.2 Å². The number of aryl methyl sites for hydroxylation is 1. The molecule has 0 radical (unpaired) electrons. The number of thiophene rings is 1. The Morgan fingerprint density at radius 1 is 1.39 bits per heavy atom. The third kappa shape index (κ3) is 3.04. The second-order valence-electron chi connectivity index (χ2n) is 7.78. The lowest BCUT2D eigenvalue weighted by Crippen LogP contribution is -2.23. The number of fused-ring (bicyclic) bond motifs is 4. The standard InChI is InChI=1S/C21H23N5OS/c1-12-6-7-15-16(9-12)28-21-18(15)20(27)24-19(25-21)13(2)22-10-14-11-26-8-4-3-5-17(26)23-14/h3-5,8,11-13,22H,6-7,9-10H2,1-2H3,(H,24,25,27)/t12-,13+/m0/s1. The summed E-state index contributed by atoms with van der Waals surface area (Å²) in [6.45, 7) is 4.92. The van der Waals surface area contributed by atoms with E-state index >= 15 is 0 Å². The van der Waals surface area contributed by atoms with Crippen LogP contribution < -0.4 is 10.9 Å². The van der Waals surface area contributed by atoms with Crippen LogP contribution in [0.25, 0.3) is 15.9 Å². The van der Waals surface area contributed by atoms with Crippen molar-refractivity contribution in [3.63, 3.8) is 0 Å². The Labute approximate surface area is 166 Å². The lowest BCUT2D eigenvalue weighted by atomic mass is 9.89. The molecule has 0 amide bonds. The minimum atomic E-state index is -0.0695. The average molecular weight is 394 g/mol. The van der Waals surface area contributed by atoms with Gasteiger partial charge >= 0.3 is 0 Å². The molecular weight excluding hydrogens is 370 g/mol. The fraction of sp³-hybridized carbons (Fsp3) is 0.381. The predicted octanol–water partition coefficient (Wildman–Crippen LogP) is 3.61. The highest BCUT2D eigenvalue weighted by Gasteiger charge is 2.23. The maximum atomic E-state index is 12.8. The van der Waals surface area contributed by atoms with E-state index in [1.54, 1.807) is 11.3 Å². The van der Waals surface area contributed by atoms with Crippen molar-refractivity contribution in [2.75, 3.05) is 0 Å². The van der Waals surface area contributed by atoms with Crippen LogP contribution in [0.1, 0.15) is 48.3 Å². The molecule has 0 unspecified atom stereocenters. The smallest absolute Gasteiger partial charge is 0.259 e. The second-order valence-corrected chi connectivity index (χ2v) is 8.87. The van der Waals surface area contributed by atoms with E-state index in [1.807, 2.05) is 41.9 Å². The summed E-state index contributed by atoms with van der Waals surface area (Å²) in [5.74, 6) is 1.37. The van der Waals surface area contributed by atoms with Crippen molar-refractivity contribution in [3.8, 4) is 0 Å². The first-order valence-corrected chi connectivity index (χ1v) is 10.6. The van der Waals surface area contributed by atoms with Gasteiger partial charge in [-0.1, -0.05) is 13.0 Å². The number of hydrogen-bond acceptors (Lipinski definition) is 5. The summed E-state index contributed by atoms with van der Waals surface area (Å²) in [7, 11) is 0. The molecule has 1 aliphatic rings. The van der Waals surface area contributed by atoms with E-state index in [-0.39, 0.29) is 11.6 Å². The Kier molecular flexibility index (Phi) is 4.29. The molecule has 28 heavy (non-hydrogen) atoms. The summed E-state index contributed by atoms with van der Waals surface area (Å²) in [5.41, 5.74) is 3.11. The monoisotopic (exact) mass is 393 g/mol. The van der Waals surface area contributed by atoms with Crippen LogP contribution in [0.3, 0.4) is 0 Å². The highest BCUT2D eigenvalue weighted by Crippen LogP contribution is 2.35. The number of nitrogens with one attached hydrogen (secondary N) is 2. The Morgan fingerprint density at radius 3 is 3.14 bits per heavy atom. The summed E-state index contributed by atoms with van der Waals surface area (Å²) in [6, 6.07) is 5.88. The molecule has 0 saturated carbocycles. The summed E-state index contributed by atoms with van der Waals surface area (Å²) in [4.78, 5) is 27.4. The number of H-pyrrole nitrogens is 1. The molecule has 0 fully saturated rings. The van der Waals surface area contributed by atoms with Gasteiger partial charge in [0.15, 0.2) is 0 Å². The van der Waals surface area contributed by atoms with Gasteiger partial charge in [-0.2, -0.15) is 0 Å². The lowest BCUT2D eigenvalue weighted by Gasteiger charge is -2.17. The Bertz CT molecular complexity index is 1190. The molecule has 6 nitrogen and oxygen atoms in total. The van der Waals surface area contributed by atoms with Gasteiger partial charge in [-0.05, 0) is 49.8 Å². The van der Waals surface area contributed by atoms with Crippen molar-refractivity contribution in [2.45, 2.75) is 45.7 Å². The maximum absolute atomic E-state index is 12.8. The largest absolute Gasteiger partial charge is 0.309 e. The summed E-state index contributed by atoms with van der Waals surface area (Å²) >= 11 is 1.69. The number of hydrogen-bond donors (Lipinski definition) is 2. The molecule has 4 heterocycles. The number of rotatable bonds is 4. The van der Waals surface area contributed by atoms with Crippen molar-refractivity contribution in [1.82, 2.24) is 24.7 Å². The first-order valence-electron chi connectivity index (χ1n) is 9.79. The molecule has 5 rings (SSSR count). The molecule has 2 N–H and O–H groups in total. The Balaban J connectivity index is 1.40. The zero-order valence-corrected chi connectivity index (χ0v) is 16.8. The van der Waals surface area contributed by atoms with Gasteiger partial charge < -0.3 is 14.7 Å². The summed E-state index contributed by atoms with van der Waals surface area (Å²) in [5, 5.41) is 4.24. The molecule has 0 bridgehead atoms. The van der Waals surface area contributed by atoms with E-state index in [0.717, 1.165) is 40.8 Å². The maximum Gasteiger partial charge on any atom is 0.259 e. The normalized spacial score (nSPS) is 17.9. The van der Waals surface area contributed by atoms with Gasteiger partial charge in [0.2, 0.25) is 0 Å². The van der Waals surface area contributed by atoms with Crippen molar-refractivity contribution < 1.29 is 0 Å². The van der Waals surface area contributed by atoms with Gasteiger partial charge in [0.05, 0.1) is 17.1 Å². The van der Waals surface area contributed by atoms with E-state index < -0.39 is 0 Å². The van der Waals surface area contributed by atoms with E-state index in [4.69, 9.17) is 4.98 Å². The van der Waals surface area contributed by atoms with Gasteiger partial charge in [0.25, 0.3) is 5.56 Å². The molecule has 0 aromatic carbocycles. The fourth-order valence-corrected chi connectivity index (χ4v) is 5.39. The highest BCUT2D eigenvalue weighted by atomic mass is 32.1. The molecule has 1 aliphatic carbocycles. The van der Waals surface area contributed by atoms with Gasteiger partial charge in [0, 0.05) is 23.8 Å². The average Bonchev–Trinajstić information content (AvgIpc) is 3.26. The molecule has 4 aromatic rings. The summed E-state index contributed by atoms with van der Waals surface area (Å²) in [6.07, 6.45) is 7.21. The van der Waals surface area contributed by atoms with Crippen LogP contribution in [0.4, 0.5) is 0 Å². The zero-order valence-electron chi connectivity index (χ0n) is 16.0. The molecule has 7 heteroatoms. The quantitative estimate of drug-likeness (QED) is 0.555. The van der Waals surface area contributed by atoms with E-state index in [1.165, 1.54) is 10.4 Å². The molecular formula is C21H23N5OS. The third-order valence-corrected chi connectivity index (χ3v) is 6.75. The summed E-state index contributed by atoms with van der Waals surface area (Å²) < 4.78 is 2.00. The van der Waals surface area contributed by atoms with E-state index in [9.17, 15) is 4.79 Å². The molecule has 144 valence electrons. The van der Waals surface area contributed by atoms with Crippen LogP contribution in [-0.2, 0) is 19.4 Å². The van der Waals surface area contributed by atoms with Crippen LogP contribution >= 0.6 is 11.3 Å². The van der Waals surface area contributed by atoms with Crippen molar-refractivity contribution in [2.24, 2.45) is 5.92 Å². The van der Waals surface area contributed by atoms with Gasteiger partial charge in [-0.25, -0.2) is 9.97 Å². The molecule has 2 atom stereocenters. The Morgan fingerprint density at radius 2 is 2.29 bits per heavy atom. The minimum absolute atomic E-state index is 0.00608. The first kappa shape index (κ1) is 17.6. The lowest BCUT2D eigenvalue weighted by molar-refractivity contribution is 0.509. The molecule has 0 saturated heterocycles. The molecule has 4 aromatic heterocycles. The topological polar surface area (TPSA) is 75.1 Å². The number of nitrogens with zero attached hydrogens (tertiary/aromatic N) is 3. The SMILES string of the molecule is C[C@H]1CCc2c(sc3nc([C@@H](C)NCc4cn5ccccc5n4)[nH]c(=O)c23)C1. The van der Waals surface area contributed by atoms with Gasteiger partial charge in [-0.15, -0.1) is 11.3 Å². The highest BCUT2D eigenvalue weighted by molar-refractivity contribution is 7.18. The minimum Gasteiger partial charge on any atom is -0.309 e. The third-order valence-electron chi connectivity index (χ3n) is 5.60. The molecule has 0 spiro atoms. The van der Waals surface area contributed by atoms with Crippen LogP contribution in [0.5, 0.6) is 0 Å². The number of imidazole rings is 1. The van der Waals surface area contributed by atoms with Crippen molar-refractivity contribution >= 4 is 27.2 Å². The zero-order chi connectivity index (χ0) is 19.3. The van der Waals surface area contributed by atoms with Crippen LogP contribution in [0, 0.1) is 5.92 Å². The van der Waals surface area contributed by atoms with Gasteiger partial charge in [0.1, 0.15) is 16.3 Å². The second kappa shape index (κ2) is 6.83. The van der Waals surface area contributed by atoms with Crippen molar-refractivity contribution in [3.05, 3.63) is 62.9 Å². The van der Waals surface area contributed by atoms with E-state index in [0.29, 0.717) is 18.3 Å². The first-order chi connectivity index (χ1) is 13.6. The van der Waals surface area contributed by atoms with Crippen molar-refractivity contribution in [1.29, 1.82) is 0 Å². The number of pyridine rings is 1. The fourth-order valence-electron chi connectivity index (χ4n) is 4.00. The Hall–Kier alpha value is -2.51. The van der Waals surface area contributed by atoms with Crippen LogP contribution in [-0.4, -0.2) is 19.4 Å². The van der Waals surface area contributed by atoms with Crippen LogP contribution in [0.15, 0.2) is 35.4 Å². The van der Waals surface area contributed by atoms with Gasteiger partial charge in [-0.3, -0.25) is 4.79 Å². The predicted molar refractivity (Wildman–Crippen MR) is 112 cm³/mol. The van der Waals surface area contributed by atoms with Crippen LogP contribution in [0.2, 0.25) is 0 Å².